The Balaban J connectivity index is 3.01. The van der Waals surface area contributed by atoms with Gasteiger partial charge in [-0.2, -0.15) is 0 Å². The molecule has 0 spiro atoms. The van der Waals surface area contributed by atoms with Gasteiger partial charge < -0.3 is 16.8 Å². The molecule has 1 amide bonds. The number of nitrogen functional groups attached to an aromatic ring is 1. The number of nitrogens with one attached hydrogen (secondary N) is 1. The lowest BCUT2D eigenvalue weighted by atomic mass is 10.0. The predicted molar refractivity (Wildman–Crippen MR) is 72.3 cm³/mol. The van der Waals surface area contributed by atoms with Crippen molar-refractivity contribution in [2.45, 2.75) is 19.9 Å². The molecule has 0 fully saturated rings. The summed E-state index contributed by atoms with van der Waals surface area (Å²) in [6.07, 6.45) is 0. The number of hydrogen-bond donors (Lipinski definition) is 3. The van der Waals surface area contributed by atoms with Gasteiger partial charge in [0.1, 0.15) is 6.04 Å². The second-order valence-electron chi connectivity index (χ2n) is 4.12. The molecule has 0 aromatic heterocycles. The van der Waals surface area contributed by atoms with Crippen LogP contribution in [0.3, 0.4) is 0 Å². The Morgan fingerprint density at radius 2 is 1.82 bits per heavy atom. The van der Waals surface area contributed by atoms with Gasteiger partial charge >= 0.3 is 0 Å². The van der Waals surface area contributed by atoms with E-state index in [2.05, 4.69) is 5.32 Å². The maximum Gasteiger partial charge on any atom is 0.240 e. The standard InChI is InChI=1S/C11H15Cl2N3O/c1-5(2)10(11(15)17)16-9-4-7(13)6(12)3-8(9)14/h3-5,10,16H,14H2,1-2H3,(H2,15,17). The second-order valence-corrected chi connectivity index (χ2v) is 4.94. The van der Waals surface area contributed by atoms with Crippen molar-refractivity contribution < 1.29 is 4.79 Å². The smallest absolute Gasteiger partial charge is 0.240 e. The summed E-state index contributed by atoms with van der Waals surface area (Å²) < 4.78 is 0. The zero-order chi connectivity index (χ0) is 13.2. The fourth-order valence-corrected chi connectivity index (χ4v) is 1.76. The van der Waals surface area contributed by atoms with Gasteiger partial charge in [0.15, 0.2) is 0 Å². The number of hydrogen-bond acceptors (Lipinski definition) is 3. The molecule has 94 valence electrons. The summed E-state index contributed by atoms with van der Waals surface area (Å²) >= 11 is 11.7. The van der Waals surface area contributed by atoms with E-state index in [1.807, 2.05) is 13.8 Å². The molecule has 0 aliphatic carbocycles. The van der Waals surface area contributed by atoms with Crippen LogP contribution in [0.1, 0.15) is 13.8 Å². The van der Waals surface area contributed by atoms with Crippen LogP contribution >= 0.6 is 23.2 Å². The number of nitrogens with two attached hydrogens (primary N) is 2. The lowest BCUT2D eigenvalue weighted by Crippen LogP contribution is -2.39. The summed E-state index contributed by atoms with van der Waals surface area (Å²) in [5, 5.41) is 3.71. The first-order chi connectivity index (χ1) is 7.82. The van der Waals surface area contributed by atoms with Crippen LogP contribution < -0.4 is 16.8 Å². The van der Waals surface area contributed by atoms with Gasteiger partial charge in [-0.1, -0.05) is 37.0 Å². The molecule has 4 nitrogen and oxygen atoms in total. The Kier molecular flexibility index (Phi) is 4.48. The van der Waals surface area contributed by atoms with Crippen LogP contribution in [0.5, 0.6) is 0 Å². The van der Waals surface area contributed by atoms with E-state index in [1.165, 1.54) is 6.07 Å². The fraction of sp³-hybridized carbons (Fsp3) is 0.364. The summed E-state index contributed by atoms with van der Waals surface area (Å²) in [5.41, 5.74) is 12.1. The molecule has 0 radical (unpaired) electrons. The number of amides is 1. The van der Waals surface area contributed by atoms with Crippen LogP contribution in [0.15, 0.2) is 12.1 Å². The van der Waals surface area contributed by atoms with Gasteiger partial charge in [0.2, 0.25) is 5.91 Å². The van der Waals surface area contributed by atoms with Crippen molar-refractivity contribution in [1.29, 1.82) is 0 Å². The molecule has 17 heavy (non-hydrogen) atoms. The summed E-state index contributed by atoms with van der Waals surface area (Å²) in [5.74, 6) is -0.396. The highest BCUT2D eigenvalue weighted by molar-refractivity contribution is 6.42. The van der Waals surface area contributed by atoms with Crippen molar-refractivity contribution in [3.05, 3.63) is 22.2 Å². The fourth-order valence-electron chi connectivity index (χ4n) is 1.42. The van der Waals surface area contributed by atoms with E-state index < -0.39 is 11.9 Å². The highest BCUT2D eigenvalue weighted by Crippen LogP contribution is 2.31. The molecule has 1 aromatic carbocycles. The van der Waals surface area contributed by atoms with E-state index in [1.54, 1.807) is 6.07 Å². The minimum absolute atomic E-state index is 0.0429. The lowest BCUT2D eigenvalue weighted by Gasteiger charge is -2.21. The van der Waals surface area contributed by atoms with Gasteiger partial charge in [-0.15, -0.1) is 0 Å². The SMILES string of the molecule is CC(C)C(Nc1cc(Cl)c(Cl)cc1N)C(N)=O. The van der Waals surface area contributed by atoms with E-state index in [4.69, 9.17) is 34.7 Å². The highest BCUT2D eigenvalue weighted by atomic mass is 35.5. The zero-order valence-electron chi connectivity index (χ0n) is 9.63. The number of carbonyl (C=O) groups excluding carboxylic acids is 1. The average molecular weight is 276 g/mol. The number of rotatable bonds is 4. The molecule has 5 N–H and O–H groups in total. The number of anilines is 2. The van der Waals surface area contributed by atoms with E-state index >= 15 is 0 Å². The molecule has 0 heterocycles. The van der Waals surface area contributed by atoms with E-state index in [0.29, 0.717) is 21.4 Å². The number of carbonyl (C=O) groups is 1. The topological polar surface area (TPSA) is 81.1 Å². The summed E-state index contributed by atoms with van der Waals surface area (Å²) in [6.45, 7) is 3.77. The first-order valence-electron chi connectivity index (χ1n) is 5.13. The normalized spacial score (nSPS) is 12.5. The van der Waals surface area contributed by atoms with Crippen molar-refractivity contribution in [1.82, 2.24) is 0 Å². The molecule has 0 bridgehead atoms. The van der Waals surface area contributed by atoms with E-state index in [9.17, 15) is 4.79 Å². The van der Waals surface area contributed by atoms with E-state index in [-0.39, 0.29) is 5.92 Å². The quantitative estimate of drug-likeness (QED) is 0.739. The average Bonchev–Trinajstić information content (AvgIpc) is 2.20. The van der Waals surface area contributed by atoms with Gasteiger partial charge in [-0.05, 0) is 18.1 Å². The summed E-state index contributed by atoms with van der Waals surface area (Å²) in [7, 11) is 0. The molecular weight excluding hydrogens is 261 g/mol. The highest BCUT2D eigenvalue weighted by Gasteiger charge is 2.20. The van der Waals surface area contributed by atoms with Crippen molar-refractivity contribution in [3.8, 4) is 0 Å². The van der Waals surface area contributed by atoms with Crippen LogP contribution in [-0.4, -0.2) is 11.9 Å². The molecule has 0 saturated heterocycles. The zero-order valence-corrected chi connectivity index (χ0v) is 11.1. The van der Waals surface area contributed by atoms with Gasteiger partial charge in [0.25, 0.3) is 0 Å². The Morgan fingerprint density at radius 1 is 1.29 bits per heavy atom. The van der Waals surface area contributed by atoms with Crippen LogP contribution in [-0.2, 0) is 4.79 Å². The number of primary amides is 1. The Labute approximate surface area is 110 Å². The van der Waals surface area contributed by atoms with Crippen molar-refractivity contribution in [3.63, 3.8) is 0 Å². The van der Waals surface area contributed by atoms with Crippen molar-refractivity contribution >= 4 is 40.5 Å². The second kappa shape index (κ2) is 5.47. The van der Waals surface area contributed by atoms with E-state index in [0.717, 1.165) is 0 Å². The molecule has 1 aromatic rings. The third-order valence-electron chi connectivity index (χ3n) is 2.38. The van der Waals surface area contributed by atoms with Crippen LogP contribution in [0.4, 0.5) is 11.4 Å². The molecule has 1 unspecified atom stereocenters. The molecule has 0 saturated carbocycles. The Hall–Kier alpha value is -1.13. The van der Waals surface area contributed by atoms with Gasteiger partial charge in [-0.25, -0.2) is 0 Å². The van der Waals surface area contributed by atoms with Gasteiger partial charge in [0, 0.05) is 0 Å². The minimum Gasteiger partial charge on any atom is -0.397 e. The molecule has 1 atom stereocenters. The molecule has 6 heteroatoms. The van der Waals surface area contributed by atoms with Gasteiger partial charge in [0.05, 0.1) is 21.4 Å². The van der Waals surface area contributed by atoms with Crippen LogP contribution in [0.2, 0.25) is 10.0 Å². The number of halogens is 2. The summed E-state index contributed by atoms with van der Waals surface area (Å²) in [6, 6.07) is 2.61. The molecule has 1 rings (SSSR count). The lowest BCUT2D eigenvalue weighted by molar-refractivity contribution is -0.119. The van der Waals surface area contributed by atoms with Crippen molar-refractivity contribution in [2.24, 2.45) is 11.7 Å². The monoisotopic (exact) mass is 275 g/mol. The molecule has 0 aliphatic rings. The predicted octanol–water partition coefficient (Wildman–Crippen LogP) is 2.50. The third-order valence-corrected chi connectivity index (χ3v) is 3.10. The first kappa shape index (κ1) is 13.9. The number of benzene rings is 1. The summed E-state index contributed by atoms with van der Waals surface area (Å²) in [4.78, 5) is 11.3. The van der Waals surface area contributed by atoms with Crippen molar-refractivity contribution in [2.75, 3.05) is 11.1 Å². The maximum atomic E-state index is 11.3. The molecular formula is C11H15Cl2N3O. The largest absolute Gasteiger partial charge is 0.397 e. The molecule has 0 aliphatic heterocycles. The van der Waals surface area contributed by atoms with Crippen LogP contribution in [0.25, 0.3) is 0 Å². The Bertz CT molecular complexity index is 435. The Morgan fingerprint density at radius 3 is 2.29 bits per heavy atom. The first-order valence-corrected chi connectivity index (χ1v) is 5.89. The van der Waals surface area contributed by atoms with Gasteiger partial charge in [-0.3, -0.25) is 4.79 Å². The third kappa shape index (κ3) is 3.41. The van der Waals surface area contributed by atoms with Crippen LogP contribution in [0, 0.1) is 5.92 Å². The minimum atomic E-state index is -0.505. The maximum absolute atomic E-state index is 11.3.